The molecule has 1 saturated heterocycles. The van der Waals surface area contributed by atoms with Crippen molar-refractivity contribution in [2.24, 2.45) is 5.92 Å². The Labute approximate surface area is 156 Å². The zero-order valence-electron chi connectivity index (χ0n) is 15.3. The summed E-state index contributed by atoms with van der Waals surface area (Å²) in [5, 5.41) is 8.49. The van der Waals surface area contributed by atoms with E-state index in [2.05, 4.69) is 33.0 Å². The van der Waals surface area contributed by atoms with Gasteiger partial charge in [-0.05, 0) is 56.1 Å². The highest BCUT2D eigenvalue weighted by Crippen LogP contribution is 2.20. The van der Waals surface area contributed by atoms with Gasteiger partial charge in [-0.3, -0.25) is 4.90 Å². The van der Waals surface area contributed by atoms with E-state index in [1.54, 1.807) is 0 Å². The first-order valence-corrected chi connectivity index (χ1v) is 11.0. The molecule has 0 unspecified atom stereocenters. The first-order valence-electron chi connectivity index (χ1n) is 10.1. The molecule has 1 aromatic rings. The molecule has 5 heteroatoms. The van der Waals surface area contributed by atoms with Gasteiger partial charge >= 0.3 is 6.03 Å². The Kier molecular flexibility index (Phi) is 7.61. The lowest BCUT2D eigenvalue weighted by Crippen LogP contribution is -2.45. The summed E-state index contributed by atoms with van der Waals surface area (Å²) in [7, 11) is 0. The van der Waals surface area contributed by atoms with Gasteiger partial charge in [-0.1, -0.05) is 38.2 Å². The summed E-state index contributed by atoms with van der Waals surface area (Å²) in [6.45, 7) is 4.20. The summed E-state index contributed by atoms with van der Waals surface area (Å²) in [6, 6.07) is 4.78. The fourth-order valence-corrected chi connectivity index (χ4v) is 4.79. The maximum Gasteiger partial charge on any atom is 0.315 e. The van der Waals surface area contributed by atoms with E-state index in [1.165, 1.54) is 49.8 Å². The number of nitrogens with one attached hydrogen (secondary N) is 2. The molecule has 2 N–H and O–H groups in total. The lowest BCUT2D eigenvalue weighted by Gasteiger charge is -2.31. The molecule has 2 aliphatic rings. The van der Waals surface area contributed by atoms with Gasteiger partial charge in [0.2, 0.25) is 0 Å². The van der Waals surface area contributed by atoms with E-state index in [0.717, 1.165) is 39.0 Å². The van der Waals surface area contributed by atoms with E-state index in [9.17, 15) is 4.79 Å². The van der Waals surface area contributed by atoms with Gasteiger partial charge < -0.3 is 10.6 Å². The Morgan fingerprint density at radius 1 is 1.08 bits per heavy atom. The molecule has 2 amide bonds. The second-order valence-electron chi connectivity index (χ2n) is 7.70. The highest BCUT2D eigenvalue weighted by atomic mass is 32.1. The van der Waals surface area contributed by atoms with Crippen LogP contribution in [0.2, 0.25) is 0 Å². The Hall–Kier alpha value is -1.07. The van der Waals surface area contributed by atoms with Crippen LogP contribution >= 0.6 is 11.3 Å². The molecule has 0 atom stereocenters. The summed E-state index contributed by atoms with van der Waals surface area (Å²) in [6.07, 6.45) is 11.2. The number of likely N-dealkylation sites (tertiary alicyclic amines) is 1. The third kappa shape index (κ3) is 6.63. The van der Waals surface area contributed by atoms with E-state index >= 15 is 0 Å². The Morgan fingerprint density at radius 2 is 1.80 bits per heavy atom. The van der Waals surface area contributed by atoms with Crippen molar-refractivity contribution in [2.45, 2.75) is 70.4 Å². The van der Waals surface area contributed by atoms with Crippen LogP contribution in [0.1, 0.15) is 62.7 Å². The average Bonchev–Trinajstić information content (AvgIpc) is 3.10. The zero-order chi connectivity index (χ0) is 17.3. The Balaban J connectivity index is 1.30. The molecule has 0 aromatic carbocycles. The summed E-state index contributed by atoms with van der Waals surface area (Å²) >= 11 is 1.84. The van der Waals surface area contributed by atoms with Crippen LogP contribution in [0.5, 0.6) is 0 Å². The molecule has 4 nitrogen and oxygen atoms in total. The first kappa shape index (κ1) is 18.7. The monoisotopic (exact) mass is 363 g/mol. The minimum absolute atomic E-state index is 0.0478. The minimum Gasteiger partial charge on any atom is -0.338 e. The van der Waals surface area contributed by atoms with E-state index < -0.39 is 0 Å². The van der Waals surface area contributed by atoms with Crippen molar-refractivity contribution < 1.29 is 4.79 Å². The van der Waals surface area contributed by atoms with Gasteiger partial charge in [0.15, 0.2) is 0 Å². The summed E-state index contributed by atoms with van der Waals surface area (Å²) in [5.74, 6) is 0.627. The summed E-state index contributed by atoms with van der Waals surface area (Å²) in [5.41, 5.74) is 0. The maximum atomic E-state index is 12.2. The molecule has 2 fully saturated rings. The van der Waals surface area contributed by atoms with Crippen LogP contribution in [0.25, 0.3) is 0 Å². The molecule has 140 valence electrons. The number of carbonyl (C=O) groups excluding carboxylic acids is 1. The predicted octanol–water partition coefficient (Wildman–Crippen LogP) is 4.37. The van der Waals surface area contributed by atoms with Crippen LogP contribution in [0.15, 0.2) is 17.5 Å². The molecule has 1 aliphatic heterocycles. The first-order chi connectivity index (χ1) is 12.3. The number of hydrogen-bond acceptors (Lipinski definition) is 3. The van der Waals surface area contributed by atoms with Crippen LogP contribution in [-0.2, 0) is 6.54 Å². The highest BCUT2D eigenvalue weighted by molar-refractivity contribution is 7.09. The number of hydrogen-bond donors (Lipinski definition) is 2. The van der Waals surface area contributed by atoms with Gasteiger partial charge in [0.05, 0.1) is 0 Å². The van der Waals surface area contributed by atoms with Crippen LogP contribution in [0, 0.1) is 5.92 Å². The quantitative estimate of drug-likeness (QED) is 0.816. The molecule has 3 rings (SSSR count). The van der Waals surface area contributed by atoms with Crippen molar-refractivity contribution in [1.29, 1.82) is 0 Å². The summed E-state index contributed by atoms with van der Waals surface area (Å²) in [4.78, 5) is 16.2. The number of urea groups is 1. The highest BCUT2D eigenvalue weighted by Gasteiger charge is 2.20. The SMILES string of the molecule is O=C(NCC1CCN(Cc2cccs2)CC1)NC1CCCCCCC1. The van der Waals surface area contributed by atoms with Gasteiger partial charge in [-0.2, -0.15) is 0 Å². The van der Waals surface area contributed by atoms with Crippen LogP contribution < -0.4 is 10.6 Å². The zero-order valence-corrected chi connectivity index (χ0v) is 16.2. The lowest BCUT2D eigenvalue weighted by atomic mass is 9.96. The lowest BCUT2D eigenvalue weighted by molar-refractivity contribution is 0.175. The van der Waals surface area contributed by atoms with E-state index in [4.69, 9.17) is 0 Å². The van der Waals surface area contributed by atoms with Crippen molar-refractivity contribution in [3.8, 4) is 0 Å². The molecule has 1 aromatic heterocycles. The molecular formula is C20H33N3OS. The van der Waals surface area contributed by atoms with Crippen molar-refractivity contribution >= 4 is 17.4 Å². The molecule has 0 radical (unpaired) electrons. The standard InChI is InChI=1S/C20H33N3OS/c24-20(22-18-7-4-2-1-3-5-8-18)21-15-17-10-12-23(13-11-17)16-19-9-6-14-25-19/h6,9,14,17-18H,1-5,7-8,10-13,15-16H2,(H2,21,22,24). The Bertz CT molecular complexity index is 489. The molecule has 1 aliphatic carbocycles. The van der Waals surface area contributed by atoms with E-state index in [0.29, 0.717) is 12.0 Å². The van der Waals surface area contributed by atoms with Crippen molar-refractivity contribution in [2.75, 3.05) is 19.6 Å². The van der Waals surface area contributed by atoms with Crippen molar-refractivity contribution in [3.63, 3.8) is 0 Å². The third-order valence-electron chi connectivity index (χ3n) is 5.66. The topological polar surface area (TPSA) is 44.4 Å². The van der Waals surface area contributed by atoms with E-state index in [-0.39, 0.29) is 6.03 Å². The fourth-order valence-electron chi connectivity index (χ4n) is 4.05. The smallest absolute Gasteiger partial charge is 0.315 e. The largest absolute Gasteiger partial charge is 0.338 e. The van der Waals surface area contributed by atoms with Crippen molar-refractivity contribution in [3.05, 3.63) is 22.4 Å². The fraction of sp³-hybridized carbons (Fsp3) is 0.750. The van der Waals surface area contributed by atoms with Gasteiger partial charge in [-0.15, -0.1) is 11.3 Å². The summed E-state index contributed by atoms with van der Waals surface area (Å²) < 4.78 is 0. The number of carbonyl (C=O) groups is 1. The van der Waals surface area contributed by atoms with E-state index in [1.807, 2.05) is 11.3 Å². The number of amides is 2. The van der Waals surface area contributed by atoms with Gasteiger partial charge in [0, 0.05) is 24.0 Å². The van der Waals surface area contributed by atoms with Crippen LogP contribution in [-0.4, -0.2) is 36.6 Å². The number of rotatable bonds is 5. The van der Waals surface area contributed by atoms with Crippen LogP contribution in [0.4, 0.5) is 4.79 Å². The second kappa shape index (κ2) is 10.2. The number of thiophene rings is 1. The van der Waals surface area contributed by atoms with Gasteiger partial charge in [0.25, 0.3) is 0 Å². The minimum atomic E-state index is 0.0478. The molecule has 1 saturated carbocycles. The second-order valence-corrected chi connectivity index (χ2v) is 8.73. The number of piperidine rings is 1. The molecule has 0 spiro atoms. The van der Waals surface area contributed by atoms with Gasteiger partial charge in [-0.25, -0.2) is 4.79 Å². The predicted molar refractivity (Wildman–Crippen MR) is 105 cm³/mol. The normalized spacial score (nSPS) is 21.4. The maximum absolute atomic E-state index is 12.2. The average molecular weight is 364 g/mol. The molecule has 2 heterocycles. The van der Waals surface area contributed by atoms with Crippen LogP contribution in [0.3, 0.4) is 0 Å². The van der Waals surface area contributed by atoms with Crippen molar-refractivity contribution in [1.82, 2.24) is 15.5 Å². The molecule has 0 bridgehead atoms. The molecular weight excluding hydrogens is 330 g/mol. The Morgan fingerprint density at radius 3 is 2.48 bits per heavy atom. The van der Waals surface area contributed by atoms with Gasteiger partial charge in [0.1, 0.15) is 0 Å². The third-order valence-corrected chi connectivity index (χ3v) is 6.52. The molecule has 25 heavy (non-hydrogen) atoms. The number of nitrogens with zero attached hydrogens (tertiary/aromatic N) is 1.